The molecule has 116 valence electrons. The number of amides is 1. The second kappa shape index (κ2) is 6.80. The first-order chi connectivity index (χ1) is 10.0. The fourth-order valence-corrected chi connectivity index (χ4v) is 2.64. The van der Waals surface area contributed by atoms with Crippen molar-refractivity contribution in [1.82, 2.24) is 4.90 Å². The summed E-state index contributed by atoms with van der Waals surface area (Å²) in [5.41, 5.74) is 0.901. The van der Waals surface area contributed by atoms with Crippen molar-refractivity contribution in [2.75, 3.05) is 27.8 Å². The molecule has 1 N–H and O–H groups in total. The summed E-state index contributed by atoms with van der Waals surface area (Å²) in [5.74, 6) is 1.79. The smallest absolute Gasteiger partial charge is 0.226 e. The van der Waals surface area contributed by atoms with E-state index in [1.54, 1.807) is 19.1 Å². The van der Waals surface area contributed by atoms with Crippen molar-refractivity contribution in [2.24, 2.45) is 5.92 Å². The second-order valence-electron chi connectivity index (χ2n) is 5.63. The van der Waals surface area contributed by atoms with Gasteiger partial charge in [0.15, 0.2) is 11.5 Å². The van der Waals surface area contributed by atoms with Crippen LogP contribution in [-0.2, 0) is 11.2 Å². The van der Waals surface area contributed by atoms with Gasteiger partial charge in [0, 0.05) is 13.6 Å². The summed E-state index contributed by atoms with van der Waals surface area (Å²) < 4.78 is 10.4. The van der Waals surface area contributed by atoms with Crippen molar-refractivity contribution < 1.29 is 19.4 Å². The van der Waals surface area contributed by atoms with E-state index < -0.39 is 0 Å². The molecule has 0 aliphatic heterocycles. The van der Waals surface area contributed by atoms with Gasteiger partial charge in [-0.25, -0.2) is 0 Å². The zero-order valence-corrected chi connectivity index (χ0v) is 12.8. The first-order valence-corrected chi connectivity index (χ1v) is 7.16. The van der Waals surface area contributed by atoms with Gasteiger partial charge in [0.25, 0.3) is 0 Å². The molecule has 5 nitrogen and oxygen atoms in total. The molecule has 0 radical (unpaired) electrons. The summed E-state index contributed by atoms with van der Waals surface area (Å²) in [6.45, 7) is 0.711. The molecule has 1 aliphatic carbocycles. The van der Waals surface area contributed by atoms with Crippen LogP contribution in [0.25, 0.3) is 0 Å². The van der Waals surface area contributed by atoms with Crippen molar-refractivity contribution in [3.05, 3.63) is 23.8 Å². The predicted octanol–water partition coefficient (Wildman–Crippen LogP) is 1.48. The molecular weight excluding hydrogens is 270 g/mol. The molecule has 0 spiro atoms. The molecule has 0 aromatic heterocycles. The average Bonchev–Trinajstić information content (AvgIpc) is 2.45. The molecule has 1 aromatic rings. The van der Waals surface area contributed by atoms with Crippen LogP contribution in [-0.4, -0.2) is 49.8 Å². The summed E-state index contributed by atoms with van der Waals surface area (Å²) >= 11 is 0. The molecule has 1 saturated carbocycles. The Morgan fingerprint density at radius 3 is 2.52 bits per heavy atom. The Bertz CT molecular complexity index is 497. The first kappa shape index (κ1) is 15.6. The second-order valence-corrected chi connectivity index (χ2v) is 5.63. The fraction of sp³-hybridized carbons (Fsp3) is 0.562. The van der Waals surface area contributed by atoms with E-state index in [1.165, 1.54) is 0 Å². The SMILES string of the molecule is COc1ccc(CC(=O)N(C)CC2CC(O)C2)cc1OC. The molecule has 0 heterocycles. The molecule has 2 rings (SSSR count). The highest BCUT2D eigenvalue weighted by Gasteiger charge is 2.29. The minimum atomic E-state index is -0.177. The number of hydrogen-bond donors (Lipinski definition) is 1. The third kappa shape index (κ3) is 3.88. The lowest BCUT2D eigenvalue weighted by Crippen LogP contribution is -2.40. The minimum Gasteiger partial charge on any atom is -0.493 e. The Kier molecular flexibility index (Phi) is 5.07. The van der Waals surface area contributed by atoms with Crippen molar-refractivity contribution in [1.29, 1.82) is 0 Å². The lowest BCUT2D eigenvalue weighted by atomic mass is 9.82. The fourth-order valence-electron chi connectivity index (χ4n) is 2.64. The number of benzene rings is 1. The van der Waals surface area contributed by atoms with Crippen LogP contribution in [0.3, 0.4) is 0 Å². The lowest BCUT2D eigenvalue weighted by molar-refractivity contribution is -0.130. The lowest BCUT2D eigenvalue weighted by Gasteiger charge is -2.34. The van der Waals surface area contributed by atoms with E-state index in [2.05, 4.69) is 0 Å². The van der Waals surface area contributed by atoms with Crippen LogP contribution in [0.5, 0.6) is 11.5 Å². The standard InChI is InChI=1S/C16H23NO4/c1-17(10-12-6-13(18)7-12)16(19)9-11-4-5-14(20-2)15(8-11)21-3/h4-5,8,12-13,18H,6-7,9-10H2,1-3H3. The molecular formula is C16H23NO4. The van der Waals surface area contributed by atoms with Crippen molar-refractivity contribution in [3.8, 4) is 11.5 Å². The van der Waals surface area contributed by atoms with Gasteiger partial charge in [-0.3, -0.25) is 4.79 Å². The van der Waals surface area contributed by atoms with E-state index in [4.69, 9.17) is 9.47 Å². The topological polar surface area (TPSA) is 59.0 Å². The Morgan fingerprint density at radius 1 is 1.29 bits per heavy atom. The van der Waals surface area contributed by atoms with E-state index in [0.29, 0.717) is 30.4 Å². The van der Waals surface area contributed by atoms with Crippen molar-refractivity contribution in [3.63, 3.8) is 0 Å². The summed E-state index contributed by atoms with van der Waals surface area (Å²) in [6, 6.07) is 5.52. The normalized spacial score (nSPS) is 20.6. The number of carbonyl (C=O) groups excluding carboxylic acids is 1. The highest BCUT2D eigenvalue weighted by molar-refractivity contribution is 5.78. The third-order valence-corrected chi connectivity index (χ3v) is 3.97. The van der Waals surface area contributed by atoms with Crippen LogP contribution in [0.2, 0.25) is 0 Å². The largest absolute Gasteiger partial charge is 0.493 e. The molecule has 0 saturated heterocycles. The van der Waals surface area contributed by atoms with Gasteiger partial charge in [-0.15, -0.1) is 0 Å². The summed E-state index contributed by atoms with van der Waals surface area (Å²) in [4.78, 5) is 14.0. The number of rotatable bonds is 6. The van der Waals surface area contributed by atoms with E-state index in [0.717, 1.165) is 18.4 Å². The van der Waals surface area contributed by atoms with Gasteiger partial charge in [0.05, 0.1) is 26.7 Å². The van der Waals surface area contributed by atoms with Gasteiger partial charge in [-0.1, -0.05) is 6.07 Å². The molecule has 21 heavy (non-hydrogen) atoms. The van der Waals surface area contributed by atoms with Gasteiger partial charge < -0.3 is 19.5 Å². The van der Waals surface area contributed by atoms with Crippen LogP contribution in [0, 0.1) is 5.92 Å². The number of methoxy groups -OCH3 is 2. The maximum absolute atomic E-state index is 12.2. The van der Waals surface area contributed by atoms with E-state index in [-0.39, 0.29) is 12.0 Å². The number of hydrogen-bond acceptors (Lipinski definition) is 4. The van der Waals surface area contributed by atoms with E-state index in [9.17, 15) is 9.90 Å². The molecule has 0 bridgehead atoms. The highest BCUT2D eigenvalue weighted by atomic mass is 16.5. The van der Waals surface area contributed by atoms with Crippen LogP contribution in [0.1, 0.15) is 18.4 Å². The molecule has 0 unspecified atom stereocenters. The zero-order chi connectivity index (χ0) is 15.4. The van der Waals surface area contributed by atoms with Crippen LogP contribution < -0.4 is 9.47 Å². The van der Waals surface area contributed by atoms with E-state index >= 15 is 0 Å². The van der Waals surface area contributed by atoms with Gasteiger partial charge in [-0.2, -0.15) is 0 Å². The molecule has 5 heteroatoms. The Hall–Kier alpha value is -1.75. The number of likely N-dealkylation sites (N-methyl/N-ethyl adjacent to an activating group) is 1. The van der Waals surface area contributed by atoms with Crippen molar-refractivity contribution in [2.45, 2.75) is 25.4 Å². The highest BCUT2D eigenvalue weighted by Crippen LogP contribution is 2.29. The molecule has 1 fully saturated rings. The average molecular weight is 293 g/mol. The Labute approximate surface area is 125 Å². The molecule has 1 aromatic carbocycles. The monoisotopic (exact) mass is 293 g/mol. The van der Waals surface area contributed by atoms with Crippen molar-refractivity contribution >= 4 is 5.91 Å². The maximum atomic E-state index is 12.2. The number of nitrogens with zero attached hydrogens (tertiary/aromatic N) is 1. The maximum Gasteiger partial charge on any atom is 0.226 e. The van der Waals surface area contributed by atoms with Gasteiger partial charge in [-0.05, 0) is 36.5 Å². The van der Waals surface area contributed by atoms with Crippen LogP contribution in [0.4, 0.5) is 0 Å². The summed E-state index contributed by atoms with van der Waals surface area (Å²) in [6.07, 6.45) is 1.76. The van der Waals surface area contributed by atoms with Crippen LogP contribution >= 0.6 is 0 Å². The van der Waals surface area contributed by atoms with Gasteiger partial charge in [0.2, 0.25) is 5.91 Å². The minimum absolute atomic E-state index is 0.0728. The Balaban J connectivity index is 1.92. The number of carbonyl (C=O) groups is 1. The third-order valence-electron chi connectivity index (χ3n) is 3.97. The summed E-state index contributed by atoms with van der Waals surface area (Å²) in [5, 5.41) is 9.28. The summed E-state index contributed by atoms with van der Waals surface area (Å²) in [7, 11) is 4.98. The van der Waals surface area contributed by atoms with Gasteiger partial charge in [0.1, 0.15) is 0 Å². The molecule has 0 atom stereocenters. The predicted molar refractivity (Wildman–Crippen MR) is 79.6 cm³/mol. The zero-order valence-electron chi connectivity index (χ0n) is 12.8. The number of aliphatic hydroxyl groups excluding tert-OH is 1. The number of aliphatic hydroxyl groups is 1. The quantitative estimate of drug-likeness (QED) is 0.863. The molecule has 1 aliphatic rings. The first-order valence-electron chi connectivity index (χ1n) is 7.16. The van der Waals surface area contributed by atoms with E-state index in [1.807, 2.05) is 25.2 Å². The van der Waals surface area contributed by atoms with Gasteiger partial charge >= 0.3 is 0 Å². The molecule has 1 amide bonds. The van der Waals surface area contributed by atoms with Crippen LogP contribution in [0.15, 0.2) is 18.2 Å². The Morgan fingerprint density at radius 2 is 1.95 bits per heavy atom. The number of ether oxygens (including phenoxy) is 2.